The van der Waals surface area contributed by atoms with E-state index in [1.165, 1.54) is 5.69 Å². The van der Waals surface area contributed by atoms with Crippen molar-refractivity contribution in [1.82, 2.24) is 15.1 Å². The van der Waals surface area contributed by atoms with E-state index >= 15 is 0 Å². The molecule has 1 saturated heterocycles. The Hall–Kier alpha value is -0.830. The second kappa shape index (κ2) is 3.09. The minimum atomic E-state index is 0.375. The maximum Gasteiger partial charge on any atom is 0.0553 e. The van der Waals surface area contributed by atoms with Crippen LogP contribution in [0.2, 0.25) is 0 Å². The molecule has 2 heterocycles. The van der Waals surface area contributed by atoms with Gasteiger partial charge in [0.25, 0.3) is 0 Å². The van der Waals surface area contributed by atoms with Crippen LogP contribution < -0.4 is 5.32 Å². The van der Waals surface area contributed by atoms with E-state index in [9.17, 15) is 0 Å². The number of nitrogens with zero attached hydrogens (tertiary/aromatic N) is 2. The van der Waals surface area contributed by atoms with E-state index in [1.54, 1.807) is 0 Å². The molecule has 2 atom stereocenters. The van der Waals surface area contributed by atoms with Crippen LogP contribution in [0, 0.1) is 11.3 Å². The van der Waals surface area contributed by atoms with Gasteiger partial charge in [-0.3, -0.25) is 4.68 Å². The Morgan fingerprint density at radius 2 is 2.21 bits per heavy atom. The molecule has 0 radical (unpaired) electrons. The molecule has 3 heteroatoms. The minimum Gasteiger partial charge on any atom is -0.308 e. The Morgan fingerprint density at radius 3 is 2.57 bits per heavy atom. The van der Waals surface area contributed by atoms with Crippen LogP contribution in [-0.2, 0) is 7.05 Å². The quantitative estimate of drug-likeness (QED) is 0.736. The fraction of sp³-hybridized carbons (Fsp3) is 0.727. The molecule has 0 spiro atoms. The number of rotatable bonds is 1. The predicted molar refractivity (Wildman–Crippen MR) is 56.9 cm³/mol. The van der Waals surface area contributed by atoms with Crippen molar-refractivity contribution in [1.29, 1.82) is 0 Å². The molecular formula is C11H19N3. The van der Waals surface area contributed by atoms with Crippen LogP contribution in [0.1, 0.15) is 32.5 Å². The van der Waals surface area contributed by atoms with E-state index in [2.05, 4.69) is 37.3 Å². The molecule has 1 aliphatic rings. The zero-order valence-electron chi connectivity index (χ0n) is 9.41. The number of nitrogens with one attached hydrogen (secondary N) is 1. The average molecular weight is 193 g/mol. The average Bonchev–Trinajstić information content (AvgIpc) is 2.30. The minimum absolute atomic E-state index is 0.375. The highest BCUT2D eigenvalue weighted by Crippen LogP contribution is 2.41. The van der Waals surface area contributed by atoms with Crippen LogP contribution in [0.3, 0.4) is 0 Å². The topological polar surface area (TPSA) is 29.9 Å². The first kappa shape index (κ1) is 9.71. The molecule has 0 aliphatic carbocycles. The van der Waals surface area contributed by atoms with Crippen molar-refractivity contribution in [3.63, 3.8) is 0 Å². The van der Waals surface area contributed by atoms with E-state index in [0.29, 0.717) is 11.5 Å². The first-order valence-electron chi connectivity index (χ1n) is 5.21. The summed E-state index contributed by atoms with van der Waals surface area (Å²) in [4.78, 5) is 0. The highest BCUT2D eigenvalue weighted by Gasteiger charge is 2.40. The van der Waals surface area contributed by atoms with Gasteiger partial charge in [-0.25, -0.2) is 0 Å². The normalized spacial score (nSPS) is 27.4. The van der Waals surface area contributed by atoms with E-state index in [-0.39, 0.29) is 0 Å². The van der Waals surface area contributed by atoms with Crippen molar-refractivity contribution in [2.75, 3.05) is 6.54 Å². The molecule has 1 aliphatic heterocycles. The van der Waals surface area contributed by atoms with Crippen LogP contribution in [-0.4, -0.2) is 16.3 Å². The zero-order chi connectivity index (χ0) is 10.3. The third kappa shape index (κ3) is 1.46. The van der Waals surface area contributed by atoms with Crippen molar-refractivity contribution >= 4 is 0 Å². The third-order valence-corrected chi connectivity index (χ3v) is 3.25. The van der Waals surface area contributed by atoms with Crippen molar-refractivity contribution in [2.24, 2.45) is 18.4 Å². The molecule has 2 unspecified atom stereocenters. The number of hydrogen-bond donors (Lipinski definition) is 1. The summed E-state index contributed by atoms with van der Waals surface area (Å²) in [5, 5.41) is 7.70. The van der Waals surface area contributed by atoms with Gasteiger partial charge in [0, 0.05) is 19.8 Å². The van der Waals surface area contributed by atoms with Gasteiger partial charge in [-0.05, 0) is 17.4 Å². The van der Waals surface area contributed by atoms with Gasteiger partial charge in [0.05, 0.1) is 11.7 Å². The Labute approximate surface area is 85.5 Å². The smallest absolute Gasteiger partial charge is 0.0553 e. The van der Waals surface area contributed by atoms with Gasteiger partial charge in [-0.2, -0.15) is 5.10 Å². The largest absolute Gasteiger partial charge is 0.308 e. The molecule has 0 saturated carbocycles. The maximum absolute atomic E-state index is 4.21. The van der Waals surface area contributed by atoms with Crippen LogP contribution >= 0.6 is 0 Å². The molecule has 1 N–H and O–H groups in total. The lowest BCUT2D eigenvalue weighted by Crippen LogP contribution is -2.52. The Kier molecular flexibility index (Phi) is 2.14. The monoisotopic (exact) mass is 193 g/mol. The van der Waals surface area contributed by atoms with Crippen LogP contribution in [0.5, 0.6) is 0 Å². The lowest BCUT2D eigenvalue weighted by atomic mass is 9.71. The Morgan fingerprint density at radius 1 is 1.50 bits per heavy atom. The summed E-state index contributed by atoms with van der Waals surface area (Å²) >= 11 is 0. The van der Waals surface area contributed by atoms with E-state index in [4.69, 9.17) is 0 Å². The van der Waals surface area contributed by atoms with Gasteiger partial charge in [0.15, 0.2) is 0 Å². The number of aromatic nitrogens is 2. The summed E-state index contributed by atoms with van der Waals surface area (Å²) in [5.74, 6) is 0.720. The molecular weight excluding hydrogens is 174 g/mol. The lowest BCUT2D eigenvalue weighted by Gasteiger charge is -2.46. The molecule has 0 bridgehead atoms. The SMILES string of the molecule is Cn1nccc1C1NCC1C(C)(C)C. The summed E-state index contributed by atoms with van der Waals surface area (Å²) in [7, 11) is 2.01. The molecule has 0 aromatic carbocycles. The van der Waals surface area contributed by atoms with Crippen LogP contribution in [0.25, 0.3) is 0 Å². The molecule has 3 nitrogen and oxygen atoms in total. The van der Waals surface area contributed by atoms with Crippen LogP contribution in [0.4, 0.5) is 0 Å². The van der Waals surface area contributed by atoms with E-state index in [1.807, 2.05) is 17.9 Å². The first-order valence-corrected chi connectivity index (χ1v) is 5.21. The first-order chi connectivity index (χ1) is 6.50. The molecule has 78 valence electrons. The molecule has 14 heavy (non-hydrogen) atoms. The van der Waals surface area contributed by atoms with Gasteiger partial charge in [-0.15, -0.1) is 0 Å². The Balaban J connectivity index is 2.18. The second-order valence-electron chi connectivity index (χ2n) is 5.24. The summed E-state index contributed by atoms with van der Waals surface area (Å²) in [5.41, 5.74) is 1.68. The van der Waals surface area contributed by atoms with Gasteiger partial charge in [0.1, 0.15) is 0 Å². The highest BCUT2D eigenvalue weighted by molar-refractivity contribution is 5.14. The van der Waals surface area contributed by atoms with Crippen molar-refractivity contribution in [2.45, 2.75) is 26.8 Å². The predicted octanol–water partition coefficient (Wildman–Crippen LogP) is 1.73. The number of aryl methyl sites for hydroxylation is 1. The summed E-state index contributed by atoms with van der Waals surface area (Å²) < 4.78 is 1.97. The van der Waals surface area contributed by atoms with Crippen molar-refractivity contribution < 1.29 is 0 Å². The van der Waals surface area contributed by atoms with E-state index < -0.39 is 0 Å². The lowest BCUT2D eigenvalue weighted by molar-refractivity contribution is 0.0938. The molecule has 0 amide bonds. The Bertz CT molecular complexity index is 322. The second-order valence-corrected chi connectivity index (χ2v) is 5.24. The fourth-order valence-corrected chi connectivity index (χ4v) is 2.16. The van der Waals surface area contributed by atoms with Gasteiger partial charge in [0.2, 0.25) is 0 Å². The third-order valence-electron chi connectivity index (χ3n) is 3.25. The van der Waals surface area contributed by atoms with Crippen molar-refractivity contribution in [3.8, 4) is 0 Å². The molecule has 1 fully saturated rings. The van der Waals surface area contributed by atoms with Gasteiger partial charge >= 0.3 is 0 Å². The molecule has 2 rings (SSSR count). The highest BCUT2D eigenvalue weighted by atomic mass is 15.3. The van der Waals surface area contributed by atoms with Crippen molar-refractivity contribution in [3.05, 3.63) is 18.0 Å². The summed E-state index contributed by atoms with van der Waals surface area (Å²) in [6, 6.07) is 2.60. The summed E-state index contributed by atoms with van der Waals surface area (Å²) in [6.45, 7) is 8.05. The zero-order valence-corrected chi connectivity index (χ0v) is 9.41. The standard InChI is InChI=1S/C11H19N3/c1-11(2,3)8-7-12-10(8)9-5-6-13-14(9)4/h5-6,8,10,12H,7H2,1-4H3. The molecule has 1 aromatic heterocycles. The van der Waals surface area contributed by atoms with Gasteiger partial charge in [-0.1, -0.05) is 20.8 Å². The van der Waals surface area contributed by atoms with Gasteiger partial charge < -0.3 is 5.32 Å². The van der Waals surface area contributed by atoms with Crippen LogP contribution in [0.15, 0.2) is 12.3 Å². The number of hydrogen-bond acceptors (Lipinski definition) is 2. The summed E-state index contributed by atoms with van der Waals surface area (Å²) in [6.07, 6.45) is 1.87. The maximum atomic E-state index is 4.21. The molecule has 1 aromatic rings. The fourth-order valence-electron chi connectivity index (χ4n) is 2.16. The van der Waals surface area contributed by atoms with E-state index in [0.717, 1.165) is 12.5 Å².